The molecule has 0 aliphatic heterocycles. The SMILES string of the molecule is CCn1c2ccccc2c2cccc(NC(=O)CN(Cc3ccccc3)C(C)C)c21. The van der Waals surface area contributed by atoms with Gasteiger partial charge in [0.2, 0.25) is 5.91 Å². The quantitative estimate of drug-likeness (QED) is 0.435. The van der Waals surface area contributed by atoms with Crippen molar-refractivity contribution in [2.75, 3.05) is 11.9 Å². The second-order valence-electron chi connectivity index (χ2n) is 8.00. The van der Waals surface area contributed by atoms with Crippen LogP contribution in [0.3, 0.4) is 0 Å². The Kier molecular flexibility index (Phi) is 5.86. The van der Waals surface area contributed by atoms with Gasteiger partial charge in [0.15, 0.2) is 0 Å². The Morgan fingerprint density at radius 2 is 1.63 bits per heavy atom. The Bertz CT molecular complexity index is 1160. The van der Waals surface area contributed by atoms with Crippen LogP contribution in [-0.4, -0.2) is 28.0 Å². The molecule has 0 aliphatic carbocycles. The first kappa shape index (κ1) is 20.2. The largest absolute Gasteiger partial charge is 0.339 e. The van der Waals surface area contributed by atoms with E-state index in [0.717, 1.165) is 24.3 Å². The van der Waals surface area contributed by atoms with Gasteiger partial charge in [0, 0.05) is 35.4 Å². The fraction of sp³-hybridized carbons (Fsp3) is 0.269. The summed E-state index contributed by atoms with van der Waals surface area (Å²) in [6, 6.07) is 25.2. The molecule has 4 nitrogen and oxygen atoms in total. The van der Waals surface area contributed by atoms with Gasteiger partial charge in [0.1, 0.15) is 0 Å². The summed E-state index contributed by atoms with van der Waals surface area (Å²) in [5.41, 5.74) is 4.38. The molecule has 1 heterocycles. The van der Waals surface area contributed by atoms with Crippen molar-refractivity contribution in [1.29, 1.82) is 0 Å². The molecule has 0 saturated carbocycles. The standard InChI is InChI=1S/C26H29N3O/c1-4-29-24-16-9-8-13-21(24)22-14-10-15-23(26(22)29)27-25(30)18-28(19(2)3)17-20-11-6-5-7-12-20/h5-16,19H,4,17-18H2,1-3H3,(H,27,30). The Hall–Kier alpha value is -3.11. The topological polar surface area (TPSA) is 37.3 Å². The molecule has 1 aromatic heterocycles. The highest BCUT2D eigenvalue weighted by atomic mass is 16.2. The summed E-state index contributed by atoms with van der Waals surface area (Å²) in [6.07, 6.45) is 0. The first-order chi connectivity index (χ1) is 14.6. The summed E-state index contributed by atoms with van der Waals surface area (Å²) in [6.45, 7) is 8.37. The van der Waals surface area contributed by atoms with E-state index in [2.05, 4.69) is 78.0 Å². The zero-order valence-electron chi connectivity index (χ0n) is 17.9. The van der Waals surface area contributed by atoms with Gasteiger partial charge in [-0.1, -0.05) is 60.7 Å². The number of anilines is 1. The van der Waals surface area contributed by atoms with Crippen molar-refractivity contribution in [3.05, 3.63) is 78.4 Å². The van der Waals surface area contributed by atoms with Gasteiger partial charge in [-0.25, -0.2) is 0 Å². The Balaban J connectivity index is 1.61. The van der Waals surface area contributed by atoms with E-state index in [9.17, 15) is 4.79 Å². The lowest BCUT2D eigenvalue weighted by molar-refractivity contribution is -0.117. The number of rotatable bonds is 7. The number of hydrogen-bond donors (Lipinski definition) is 1. The van der Waals surface area contributed by atoms with Crippen molar-refractivity contribution in [3.8, 4) is 0 Å². The third-order valence-corrected chi connectivity index (χ3v) is 5.69. The molecule has 154 valence electrons. The molecule has 3 aromatic carbocycles. The van der Waals surface area contributed by atoms with Crippen LogP contribution in [0.1, 0.15) is 26.3 Å². The van der Waals surface area contributed by atoms with E-state index in [1.54, 1.807) is 0 Å². The number of aryl methyl sites for hydroxylation is 1. The fourth-order valence-electron chi connectivity index (χ4n) is 4.15. The summed E-state index contributed by atoms with van der Waals surface area (Å²) < 4.78 is 2.28. The predicted octanol–water partition coefficient (Wildman–Crippen LogP) is 5.66. The zero-order chi connectivity index (χ0) is 21.1. The van der Waals surface area contributed by atoms with E-state index in [1.807, 2.05) is 30.3 Å². The van der Waals surface area contributed by atoms with Crippen LogP contribution in [0.4, 0.5) is 5.69 Å². The monoisotopic (exact) mass is 399 g/mol. The van der Waals surface area contributed by atoms with Gasteiger partial charge in [0.05, 0.1) is 17.7 Å². The maximum atomic E-state index is 13.0. The van der Waals surface area contributed by atoms with E-state index < -0.39 is 0 Å². The highest BCUT2D eigenvalue weighted by molar-refractivity contribution is 6.13. The Morgan fingerprint density at radius 3 is 2.37 bits per heavy atom. The molecule has 0 saturated heterocycles. The van der Waals surface area contributed by atoms with Gasteiger partial charge < -0.3 is 9.88 Å². The number of para-hydroxylation sites is 2. The number of amides is 1. The highest BCUT2D eigenvalue weighted by Gasteiger charge is 2.17. The third-order valence-electron chi connectivity index (χ3n) is 5.69. The van der Waals surface area contributed by atoms with Crippen LogP contribution in [0.5, 0.6) is 0 Å². The van der Waals surface area contributed by atoms with Gasteiger partial charge in [-0.3, -0.25) is 9.69 Å². The van der Waals surface area contributed by atoms with Crippen LogP contribution in [0, 0.1) is 0 Å². The average Bonchev–Trinajstić information content (AvgIpc) is 3.09. The number of aromatic nitrogens is 1. The van der Waals surface area contributed by atoms with E-state index in [-0.39, 0.29) is 11.9 Å². The summed E-state index contributed by atoms with van der Waals surface area (Å²) in [5.74, 6) is 0.0139. The van der Waals surface area contributed by atoms with Gasteiger partial charge in [-0.2, -0.15) is 0 Å². The predicted molar refractivity (Wildman–Crippen MR) is 126 cm³/mol. The summed E-state index contributed by atoms with van der Waals surface area (Å²) >= 11 is 0. The zero-order valence-corrected chi connectivity index (χ0v) is 17.9. The van der Waals surface area contributed by atoms with Gasteiger partial charge >= 0.3 is 0 Å². The molecule has 0 aliphatic rings. The second-order valence-corrected chi connectivity index (χ2v) is 8.00. The first-order valence-electron chi connectivity index (χ1n) is 10.7. The minimum absolute atomic E-state index is 0.0139. The maximum absolute atomic E-state index is 13.0. The molecule has 0 unspecified atom stereocenters. The molecule has 4 aromatic rings. The van der Waals surface area contributed by atoms with E-state index in [0.29, 0.717) is 6.54 Å². The number of benzene rings is 3. The second kappa shape index (κ2) is 8.72. The van der Waals surface area contributed by atoms with Crippen molar-refractivity contribution in [2.45, 2.75) is 39.9 Å². The highest BCUT2D eigenvalue weighted by Crippen LogP contribution is 2.33. The number of nitrogens with one attached hydrogen (secondary N) is 1. The first-order valence-corrected chi connectivity index (χ1v) is 10.7. The maximum Gasteiger partial charge on any atom is 0.238 e. The van der Waals surface area contributed by atoms with Gasteiger partial charge in [-0.15, -0.1) is 0 Å². The van der Waals surface area contributed by atoms with Crippen LogP contribution in [-0.2, 0) is 17.9 Å². The average molecular weight is 400 g/mol. The molecule has 0 atom stereocenters. The molecule has 4 heteroatoms. The van der Waals surface area contributed by atoms with Crippen molar-refractivity contribution >= 4 is 33.4 Å². The number of nitrogens with zero attached hydrogens (tertiary/aromatic N) is 2. The third kappa shape index (κ3) is 3.96. The van der Waals surface area contributed by atoms with Crippen molar-refractivity contribution in [3.63, 3.8) is 0 Å². The lowest BCUT2D eigenvalue weighted by Crippen LogP contribution is -2.37. The summed E-state index contributed by atoms with van der Waals surface area (Å²) in [5, 5.41) is 5.59. The molecular weight excluding hydrogens is 370 g/mol. The molecule has 0 fully saturated rings. The smallest absolute Gasteiger partial charge is 0.238 e. The Labute approximate surface area is 178 Å². The molecule has 0 bridgehead atoms. The molecule has 1 N–H and O–H groups in total. The van der Waals surface area contributed by atoms with Crippen LogP contribution in [0.2, 0.25) is 0 Å². The lowest BCUT2D eigenvalue weighted by atomic mass is 10.1. The van der Waals surface area contributed by atoms with Crippen LogP contribution >= 0.6 is 0 Å². The minimum Gasteiger partial charge on any atom is -0.339 e. The van der Waals surface area contributed by atoms with Crippen molar-refractivity contribution < 1.29 is 4.79 Å². The number of fused-ring (bicyclic) bond motifs is 3. The fourth-order valence-corrected chi connectivity index (χ4v) is 4.15. The molecule has 30 heavy (non-hydrogen) atoms. The minimum atomic E-state index is 0.0139. The van der Waals surface area contributed by atoms with Gasteiger partial charge in [0.25, 0.3) is 0 Å². The van der Waals surface area contributed by atoms with E-state index in [4.69, 9.17) is 0 Å². The van der Waals surface area contributed by atoms with Crippen LogP contribution in [0.15, 0.2) is 72.8 Å². The van der Waals surface area contributed by atoms with Crippen LogP contribution < -0.4 is 5.32 Å². The molecule has 1 amide bonds. The number of hydrogen-bond acceptors (Lipinski definition) is 2. The molecule has 4 rings (SSSR count). The summed E-state index contributed by atoms with van der Waals surface area (Å²) in [7, 11) is 0. The normalized spacial score (nSPS) is 11.6. The lowest BCUT2D eigenvalue weighted by Gasteiger charge is -2.26. The van der Waals surface area contributed by atoms with Crippen molar-refractivity contribution in [2.24, 2.45) is 0 Å². The van der Waals surface area contributed by atoms with Crippen molar-refractivity contribution in [1.82, 2.24) is 9.47 Å². The van der Waals surface area contributed by atoms with E-state index in [1.165, 1.54) is 21.9 Å². The molecular formula is C26H29N3O. The molecule has 0 radical (unpaired) electrons. The van der Waals surface area contributed by atoms with Gasteiger partial charge in [-0.05, 0) is 38.5 Å². The van der Waals surface area contributed by atoms with Crippen LogP contribution in [0.25, 0.3) is 21.8 Å². The van der Waals surface area contributed by atoms with E-state index >= 15 is 0 Å². The number of carbonyl (C=O) groups excluding carboxylic acids is 1. The molecule has 0 spiro atoms. The Morgan fingerprint density at radius 1 is 0.933 bits per heavy atom. The number of carbonyl (C=O) groups is 1. The summed E-state index contributed by atoms with van der Waals surface area (Å²) in [4.78, 5) is 15.2.